The van der Waals surface area contributed by atoms with Gasteiger partial charge in [0.25, 0.3) is 0 Å². The van der Waals surface area contributed by atoms with Crippen LogP contribution in [-0.2, 0) is 16.0 Å². The molecule has 2 aromatic carbocycles. The zero-order valence-electron chi connectivity index (χ0n) is 20.3. The first kappa shape index (κ1) is 22.4. The Bertz CT molecular complexity index is 1250. The van der Waals surface area contributed by atoms with Gasteiger partial charge >= 0.3 is 0 Å². The number of para-hydroxylation sites is 2. The third-order valence-corrected chi connectivity index (χ3v) is 7.27. The topological polar surface area (TPSA) is 56.8 Å². The smallest absolute Gasteiger partial charge is 0.228 e. The molecule has 0 radical (unpaired) electrons. The van der Waals surface area contributed by atoms with Crippen LogP contribution in [0.4, 0.5) is 11.5 Å². The molecule has 2 fully saturated rings. The molecular weight excluding hydrogens is 424 g/mol. The molecule has 6 nitrogen and oxygen atoms in total. The van der Waals surface area contributed by atoms with E-state index >= 15 is 0 Å². The number of carbonyl (C=O) groups excluding carboxylic acids is 2. The lowest BCUT2D eigenvalue weighted by Gasteiger charge is -2.36. The summed E-state index contributed by atoms with van der Waals surface area (Å²) in [4.78, 5) is 37.1. The Labute approximate surface area is 201 Å². The van der Waals surface area contributed by atoms with Crippen LogP contribution in [0.15, 0.2) is 48.5 Å². The van der Waals surface area contributed by atoms with Gasteiger partial charge in [-0.25, -0.2) is 4.98 Å². The van der Waals surface area contributed by atoms with Crippen molar-refractivity contribution in [3.63, 3.8) is 0 Å². The summed E-state index contributed by atoms with van der Waals surface area (Å²) in [7, 11) is 0. The van der Waals surface area contributed by atoms with Crippen molar-refractivity contribution >= 4 is 34.2 Å². The van der Waals surface area contributed by atoms with Crippen LogP contribution in [0.3, 0.4) is 0 Å². The van der Waals surface area contributed by atoms with Gasteiger partial charge in [0.2, 0.25) is 11.8 Å². The first-order valence-electron chi connectivity index (χ1n) is 12.2. The predicted octanol–water partition coefficient (Wildman–Crippen LogP) is 4.12. The van der Waals surface area contributed by atoms with Crippen LogP contribution < -0.4 is 9.80 Å². The maximum atomic E-state index is 13.3. The minimum atomic E-state index is -0.274. The first-order chi connectivity index (χ1) is 16.5. The van der Waals surface area contributed by atoms with E-state index in [1.165, 1.54) is 10.9 Å². The second kappa shape index (κ2) is 9.09. The van der Waals surface area contributed by atoms with Gasteiger partial charge < -0.3 is 14.7 Å². The Kier molecular flexibility index (Phi) is 5.98. The molecular formula is C28H32N4O2. The van der Waals surface area contributed by atoms with Crippen LogP contribution in [0.5, 0.6) is 0 Å². The van der Waals surface area contributed by atoms with E-state index in [0.717, 1.165) is 47.7 Å². The molecule has 0 saturated carbocycles. The standard InChI is InChI=1S/C28H32N4O2/c1-4-21-9-7-8-19(2)27(21)32-18-22(17-26(32)33)28(34)31-14-12-30(13-15-31)25-16-20(3)23-10-5-6-11-24(23)29-25/h5-11,16,22H,4,12-15,17-18H2,1-3H3. The summed E-state index contributed by atoms with van der Waals surface area (Å²) in [6, 6.07) is 16.5. The number of hydrogen-bond donors (Lipinski definition) is 0. The molecule has 6 heteroatoms. The average Bonchev–Trinajstić information content (AvgIpc) is 3.24. The van der Waals surface area contributed by atoms with E-state index in [0.29, 0.717) is 26.1 Å². The van der Waals surface area contributed by atoms with E-state index in [9.17, 15) is 9.59 Å². The van der Waals surface area contributed by atoms with Gasteiger partial charge in [0.05, 0.1) is 11.4 Å². The zero-order chi connectivity index (χ0) is 23.8. The molecule has 2 aliphatic heterocycles. The first-order valence-corrected chi connectivity index (χ1v) is 12.2. The summed E-state index contributed by atoms with van der Waals surface area (Å²) in [5.74, 6) is 0.850. The maximum absolute atomic E-state index is 13.3. The molecule has 176 valence electrons. The number of carbonyl (C=O) groups is 2. The Morgan fingerprint density at radius 3 is 2.53 bits per heavy atom. The molecule has 0 spiro atoms. The fourth-order valence-corrected chi connectivity index (χ4v) is 5.39. The number of rotatable bonds is 4. The van der Waals surface area contributed by atoms with Gasteiger partial charge in [-0.15, -0.1) is 0 Å². The summed E-state index contributed by atoms with van der Waals surface area (Å²) in [6.45, 7) is 9.54. The molecule has 0 aliphatic carbocycles. The molecule has 0 N–H and O–H groups in total. The summed E-state index contributed by atoms with van der Waals surface area (Å²) in [5.41, 5.74) is 5.46. The fourth-order valence-electron chi connectivity index (χ4n) is 5.39. The second-order valence-corrected chi connectivity index (χ2v) is 9.47. The lowest BCUT2D eigenvalue weighted by molar-refractivity contribution is -0.136. The number of aromatic nitrogens is 1. The van der Waals surface area contributed by atoms with Gasteiger partial charge in [0.15, 0.2) is 0 Å². The number of pyridine rings is 1. The Morgan fingerprint density at radius 2 is 1.76 bits per heavy atom. The van der Waals surface area contributed by atoms with Crippen molar-refractivity contribution in [1.29, 1.82) is 0 Å². The average molecular weight is 457 g/mol. The van der Waals surface area contributed by atoms with Gasteiger partial charge in [0, 0.05) is 50.2 Å². The Morgan fingerprint density at radius 1 is 1.00 bits per heavy atom. The number of hydrogen-bond acceptors (Lipinski definition) is 4. The van der Waals surface area contributed by atoms with Gasteiger partial charge in [0.1, 0.15) is 5.82 Å². The number of amides is 2. The highest BCUT2D eigenvalue weighted by molar-refractivity contribution is 6.01. The Balaban J connectivity index is 1.26. The molecule has 3 heterocycles. The van der Waals surface area contributed by atoms with Crippen molar-refractivity contribution in [3.8, 4) is 0 Å². The monoisotopic (exact) mass is 456 g/mol. The highest BCUT2D eigenvalue weighted by Gasteiger charge is 2.39. The quantitative estimate of drug-likeness (QED) is 0.593. The number of aryl methyl sites for hydroxylation is 3. The number of fused-ring (bicyclic) bond motifs is 1. The van der Waals surface area contributed by atoms with Gasteiger partial charge in [-0.3, -0.25) is 9.59 Å². The normalized spacial score (nSPS) is 18.7. The minimum absolute atomic E-state index is 0.0526. The lowest BCUT2D eigenvalue weighted by atomic mass is 10.0. The summed E-state index contributed by atoms with van der Waals surface area (Å²) in [6.07, 6.45) is 1.16. The Hall–Kier alpha value is -3.41. The SMILES string of the molecule is CCc1cccc(C)c1N1CC(C(=O)N2CCN(c3cc(C)c4ccccc4n3)CC2)CC1=O. The van der Waals surface area contributed by atoms with Crippen molar-refractivity contribution in [2.24, 2.45) is 5.92 Å². The zero-order valence-corrected chi connectivity index (χ0v) is 20.3. The van der Waals surface area contributed by atoms with Gasteiger partial charge in [-0.05, 0) is 49.1 Å². The van der Waals surface area contributed by atoms with E-state index in [4.69, 9.17) is 4.98 Å². The van der Waals surface area contributed by atoms with Crippen LogP contribution in [0.2, 0.25) is 0 Å². The number of benzene rings is 2. The molecule has 2 aliphatic rings. The molecule has 0 bridgehead atoms. The summed E-state index contributed by atoms with van der Waals surface area (Å²) < 4.78 is 0. The number of nitrogens with zero attached hydrogens (tertiary/aromatic N) is 4. The largest absolute Gasteiger partial charge is 0.353 e. The second-order valence-electron chi connectivity index (χ2n) is 9.47. The van der Waals surface area contributed by atoms with Crippen LogP contribution in [-0.4, -0.2) is 54.4 Å². The van der Waals surface area contributed by atoms with E-state index in [1.54, 1.807) is 0 Å². The molecule has 1 atom stereocenters. The summed E-state index contributed by atoms with van der Waals surface area (Å²) >= 11 is 0. The van der Waals surface area contributed by atoms with Crippen molar-refractivity contribution < 1.29 is 9.59 Å². The van der Waals surface area contributed by atoms with Crippen molar-refractivity contribution in [2.45, 2.75) is 33.6 Å². The van der Waals surface area contributed by atoms with Crippen molar-refractivity contribution in [3.05, 3.63) is 65.2 Å². The lowest BCUT2D eigenvalue weighted by Crippen LogP contribution is -2.51. The third kappa shape index (κ3) is 4.02. The van der Waals surface area contributed by atoms with E-state index < -0.39 is 0 Å². The van der Waals surface area contributed by atoms with E-state index in [2.05, 4.69) is 36.9 Å². The highest BCUT2D eigenvalue weighted by Crippen LogP contribution is 2.32. The van der Waals surface area contributed by atoms with Crippen molar-refractivity contribution in [1.82, 2.24) is 9.88 Å². The van der Waals surface area contributed by atoms with Gasteiger partial charge in [-0.2, -0.15) is 0 Å². The molecule has 3 aromatic rings. The molecule has 5 rings (SSSR count). The van der Waals surface area contributed by atoms with Gasteiger partial charge in [-0.1, -0.05) is 43.3 Å². The molecule has 2 amide bonds. The van der Waals surface area contributed by atoms with E-state index in [-0.39, 0.29) is 17.7 Å². The summed E-state index contributed by atoms with van der Waals surface area (Å²) in [5, 5.41) is 1.18. The fraction of sp³-hybridized carbons (Fsp3) is 0.393. The van der Waals surface area contributed by atoms with Crippen LogP contribution in [0.1, 0.15) is 30.0 Å². The molecule has 2 saturated heterocycles. The van der Waals surface area contributed by atoms with Crippen molar-refractivity contribution in [2.75, 3.05) is 42.5 Å². The highest BCUT2D eigenvalue weighted by atomic mass is 16.2. The van der Waals surface area contributed by atoms with Crippen LogP contribution in [0.25, 0.3) is 10.9 Å². The number of anilines is 2. The minimum Gasteiger partial charge on any atom is -0.353 e. The molecule has 34 heavy (non-hydrogen) atoms. The third-order valence-electron chi connectivity index (χ3n) is 7.27. The predicted molar refractivity (Wildman–Crippen MR) is 136 cm³/mol. The molecule has 1 unspecified atom stereocenters. The molecule has 1 aromatic heterocycles. The van der Waals surface area contributed by atoms with Crippen LogP contribution in [0, 0.1) is 19.8 Å². The van der Waals surface area contributed by atoms with Crippen LogP contribution >= 0.6 is 0 Å². The number of piperazine rings is 1. The maximum Gasteiger partial charge on any atom is 0.228 e. The van der Waals surface area contributed by atoms with E-state index in [1.807, 2.05) is 47.1 Å².